The molecule has 1 fully saturated rings. The number of alkyl carbamates (subject to hydrolysis) is 1. The highest BCUT2D eigenvalue weighted by Gasteiger charge is 2.63. The van der Waals surface area contributed by atoms with Crippen LogP contribution in [0.2, 0.25) is 0 Å². The second kappa shape index (κ2) is 5.18. The first-order valence-corrected chi connectivity index (χ1v) is 7.39. The van der Waals surface area contributed by atoms with Crippen LogP contribution in [0.15, 0.2) is 0 Å². The maximum Gasteiger partial charge on any atom is 0.408 e. The number of carbonyl (C=O) groups excluding carboxylic acids is 2. The van der Waals surface area contributed by atoms with E-state index < -0.39 is 28.1 Å². The lowest BCUT2D eigenvalue weighted by molar-refractivity contribution is -0.159. The Morgan fingerprint density at radius 2 is 1.57 bits per heavy atom. The minimum Gasteiger partial charge on any atom is -0.469 e. The van der Waals surface area contributed by atoms with Crippen LogP contribution in [0.1, 0.15) is 61.3 Å². The molecular weight excluding hydrogens is 270 g/mol. The van der Waals surface area contributed by atoms with E-state index in [1.807, 2.05) is 48.5 Å². The van der Waals surface area contributed by atoms with Gasteiger partial charge >= 0.3 is 12.1 Å². The Hall–Kier alpha value is -1.26. The summed E-state index contributed by atoms with van der Waals surface area (Å²) in [5.41, 5.74) is -2.16. The summed E-state index contributed by atoms with van der Waals surface area (Å²) in [4.78, 5) is 24.3. The van der Waals surface area contributed by atoms with Gasteiger partial charge in [0.15, 0.2) is 0 Å². The molecule has 0 unspecified atom stereocenters. The molecule has 0 aliphatic heterocycles. The molecule has 5 heteroatoms. The highest BCUT2D eigenvalue weighted by molar-refractivity contribution is 5.79. The summed E-state index contributed by atoms with van der Waals surface area (Å²) >= 11 is 0. The molecule has 1 saturated carbocycles. The van der Waals surface area contributed by atoms with E-state index in [2.05, 4.69) is 5.32 Å². The summed E-state index contributed by atoms with van der Waals surface area (Å²) < 4.78 is 10.3. The number of amides is 1. The molecule has 1 rings (SSSR count). The third-order valence-electron chi connectivity index (χ3n) is 5.30. The van der Waals surface area contributed by atoms with Crippen LogP contribution in [-0.2, 0) is 14.3 Å². The fourth-order valence-electron chi connectivity index (χ4n) is 3.06. The molecule has 0 aromatic heterocycles. The molecule has 5 nitrogen and oxygen atoms in total. The van der Waals surface area contributed by atoms with Gasteiger partial charge in [-0.3, -0.25) is 4.79 Å². The predicted octanol–water partition coefficient (Wildman–Crippen LogP) is 3.27. The number of nitrogens with one attached hydrogen (secondary N) is 1. The van der Waals surface area contributed by atoms with E-state index in [0.29, 0.717) is 12.8 Å². The molecule has 1 aliphatic carbocycles. The van der Waals surface area contributed by atoms with E-state index in [1.165, 1.54) is 7.11 Å². The van der Waals surface area contributed by atoms with Crippen molar-refractivity contribution in [2.45, 2.75) is 72.4 Å². The molecular formula is C16H29NO4. The molecule has 0 spiro atoms. The number of rotatable bonds is 2. The zero-order chi connectivity index (χ0) is 16.7. The number of hydrogen-bond donors (Lipinski definition) is 1. The van der Waals surface area contributed by atoms with Gasteiger partial charge in [-0.15, -0.1) is 0 Å². The Kier molecular flexibility index (Phi) is 4.39. The SMILES string of the molecule is COC(=O)[C@@]1(C)CC[C@@](C)(NC(=O)OC(C)(C)C)C1(C)C. The van der Waals surface area contributed by atoms with E-state index >= 15 is 0 Å². The van der Waals surface area contributed by atoms with Gasteiger partial charge in [-0.05, 0) is 47.5 Å². The van der Waals surface area contributed by atoms with Gasteiger partial charge in [0, 0.05) is 11.0 Å². The van der Waals surface area contributed by atoms with E-state index in [-0.39, 0.29) is 5.97 Å². The van der Waals surface area contributed by atoms with E-state index in [9.17, 15) is 9.59 Å². The van der Waals surface area contributed by atoms with Crippen molar-refractivity contribution in [1.29, 1.82) is 0 Å². The average Bonchev–Trinajstić information content (AvgIpc) is 2.47. The number of methoxy groups -OCH3 is 1. The molecule has 0 aromatic carbocycles. The second-order valence-corrected chi connectivity index (χ2v) is 7.91. The van der Waals surface area contributed by atoms with Gasteiger partial charge in [-0.2, -0.15) is 0 Å². The molecule has 0 aromatic rings. The largest absolute Gasteiger partial charge is 0.469 e. The molecule has 2 atom stereocenters. The van der Waals surface area contributed by atoms with Crippen LogP contribution in [0, 0.1) is 10.8 Å². The summed E-state index contributed by atoms with van der Waals surface area (Å²) in [5, 5.41) is 2.97. The molecule has 0 bridgehead atoms. The normalized spacial score (nSPS) is 31.6. The fourth-order valence-corrected chi connectivity index (χ4v) is 3.06. The summed E-state index contributed by atoms with van der Waals surface area (Å²) in [7, 11) is 1.40. The molecule has 1 N–H and O–H groups in total. The van der Waals surface area contributed by atoms with Crippen molar-refractivity contribution in [1.82, 2.24) is 5.32 Å². The second-order valence-electron chi connectivity index (χ2n) is 7.91. The maximum absolute atomic E-state index is 12.2. The van der Waals surface area contributed by atoms with Crippen molar-refractivity contribution >= 4 is 12.1 Å². The van der Waals surface area contributed by atoms with E-state index in [0.717, 1.165) is 0 Å². The summed E-state index contributed by atoms with van der Waals surface area (Å²) in [6.45, 7) is 13.3. The Morgan fingerprint density at radius 3 is 2.00 bits per heavy atom. The van der Waals surface area contributed by atoms with Gasteiger partial charge in [-0.1, -0.05) is 13.8 Å². The lowest BCUT2D eigenvalue weighted by atomic mass is 9.63. The Labute approximate surface area is 127 Å². The topological polar surface area (TPSA) is 64.6 Å². The van der Waals surface area contributed by atoms with Gasteiger partial charge in [0.2, 0.25) is 0 Å². The minimum absolute atomic E-state index is 0.234. The molecule has 1 aliphatic rings. The fraction of sp³-hybridized carbons (Fsp3) is 0.875. The average molecular weight is 299 g/mol. The van der Waals surface area contributed by atoms with Crippen molar-refractivity contribution in [2.24, 2.45) is 10.8 Å². The monoisotopic (exact) mass is 299 g/mol. The molecule has 0 saturated heterocycles. The first kappa shape index (κ1) is 17.8. The lowest BCUT2D eigenvalue weighted by Crippen LogP contribution is -2.58. The van der Waals surface area contributed by atoms with Crippen LogP contribution in [0.5, 0.6) is 0 Å². The number of carbonyl (C=O) groups is 2. The predicted molar refractivity (Wildman–Crippen MR) is 80.9 cm³/mol. The molecule has 1 amide bonds. The molecule has 21 heavy (non-hydrogen) atoms. The Morgan fingerprint density at radius 1 is 1.05 bits per heavy atom. The van der Waals surface area contributed by atoms with Gasteiger partial charge in [0.25, 0.3) is 0 Å². The van der Waals surface area contributed by atoms with Crippen LogP contribution in [0.4, 0.5) is 4.79 Å². The molecule has 0 heterocycles. The van der Waals surface area contributed by atoms with Crippen LogP contribution in [-0.4, -0.2) is 30.3 Å². The van der Waals surface area contributed by atoms with Crippen molar-refractivity contribution in [3.05, 3.63) is 0 Å². The smallest absolute Gasteiger partial charge is 0.408 e. The summed E-state index contributed by atoms with van der Waals surface area (Å²) in [6, 6.07) is 0. The van der Waals surface area contributed by atoms with Crippen molar-refractivity contribution in [3.63, 3.8) is 0 Å². The first-order valence-electron chi connectivity index (χ1n) is 7.39. The van der Waals surface area contributed by atoms with Gasteiger partial charge in [0.1, 0.15) is 5.60 Å². The van der Waals surface area contributed by atoms with Crippen LogP contribution in [0.3, 0.4) is 0 Å². The van der Waals surface area contributed by atoms with Crippen LogP contribution in [0.25, 0.3) is 0 Å². The van der Waals surface area contributed by atoms with Crippen molar-refractivity contribution in [2.75, 3.05) is 7.11 Å². The van der Waals surface area contributed by atoms with Gasteiger partial charge in [0.05, 0.1) is 12.5 Å². The minimum atomic E-state index is -0.633. The Balaban J connectivity index is 2.98. The third kappa shape index (κ3) is 3.01. The lowest BCUT2D eigenvalue weighted by Gasteiger charge is -2.45. The first-order chi connectivity index (χ1) is 9.29. The molecule has 0 radical (unpaired) electrons. The number of ether oxygens (including phenoxy) is 2. The Bertz CT molecular complexity index is 438. The zero-order valence-electron chi connectivity index (χ0n) is 14.5. The summed E-state index contributed by atoms with van der Waals surface area (Å²) in [6.07, 6.45) is 0.913. The maximum atomic E-state index is 12.2. The van der Waals surface area contributed by atoms with Gasteiger partial charge < -0.3 is 14.8 Å². The van der Waals surface area contributed by atoms with Crippen LogP contribution < -0.4 is 5.32 Å². The highest BCUT2D eigenvalue weighted by Crippen LogP contribution is 2.58. The van der Waals surface area contributed by atoms with Crippen molar-refractivity contribution in [3.8, 4) is 0 Å². The number of esters is 1. The third-order valence-corrected chi connectivity index (χ3v) is 5.30. The standard InChI is InChI=1S/C16H29NO4/c1-13(2,3)21-12(19)17-16(7)10-9-15(6,11(18)20-8)14(16,4)5/h9-10H2,1-8H3,(H,17,19)/t15-,16-/m1/s1. The zero-order valence-corrected chi connectivity index (χ0v) is 14.5. The van der Waals surface area contributed by atoms with E-state index in [4.69, 9.17) is 9.47 Å². The van der Waals surface area contributed by atoms with E-state index in [1.54, 1.807) is 0 Å². The molecule has 122 valence electrons. The van der Waals surface area contributed by atoms with Crippen molar-refractivity contribution < 1.29 is 19.1 Å². The summed E-state index contributed by atoms with van der Waals surface area (Å²) in [5.74, 6) is -0.234. The quantitative estimate of drug-likeness (QED) is 0.795. The highest BCUT2D eigenvalue weighted by atomic mass is 16.6. The van der Waals surface area contributed by atoms with Crippen LogP contribution >= 0.6 is 0 Å². The van der Waals surface area contributed by atoms with Gasteiger partial charge in [-0.25, -0.2) is 4.79 Å². The number of hydrogen-bond acceptors (Lipinski definition) is 4.